The molecule has 0 radical (unpaired) electrons. The minimum absolute atomic E-state index is 0.308. The summed E-state index contributed by atoms with van der Waals surface area (Å²) in [5, 5.41) is 0. The van der Waals surface area contributed by atoms with Gasteiger partial charge in [0, 0.05) is 6.07 Å². The molecule has 0 saturated heterocycles. The summed E-state index contributed by atoms with van der Waals surface area (Å²) in [6.07, 6.45) is 6.40. The second kappa shape index (κ2) is 5.98. The van der Waals surface area contributed by atoms with Crippen molar-refractivity contribution in [1.82, 2.24) is 0 Å². The fourth-order valence-corrected chi connectivity index (χ4v) is 2.58. The van der Waals surface area contributed by atoms with Crippen LogP contribution < -0.4 is 15.2 Å². The lowest BCUT2D eigenvalue weighted by Crippen LogP contribution is -2.24. The highest BCUT2D eigenvalue weighted by Crippen LogP contribution is 2.33. The lowest BCUT2D eigenvalue weighted by atomic mass is 9.86. The molecule has 0 atom stereocenters. The molecule has 2 N–H and O–H groups in total. The lowest BCUT2D eigenvalue weighted by molar-refractivity contribution is 0.130. The molecule has 1 fully saturated rings. The maximum atomic E-state index is 6.02. The maximum absolute atomic E-state index is 6.02. The highest BCUT2D eigenvalue weighted by atomic mass is 16.5. The van der Waals surface area contributed by atoms with Gasteiger partial charge in [-0.25, -0.2) is 0 Å². The van der Waals surface area contributed by atoms with Crippen molar-refractivity contribution in [2.24, 2.45) is 5.92 Å². The number of hydrogen-bond donors (Lipinski definition) is 1. The van der Waals surface area contributed by atoms with Crippen LogP contribution in [0.3, 0.4) is 0 Å². The van der Waals surface area contributed by atoms with Crippen LogP contribution in [-0.4, -0.2) is 13.2 Å². The Kier molecular flexibility index (Phi) is 4.34. The molecule has 18 heavy (non-hydrogen) atoms. The zero-order valence-electron chi connectivity index (χ0n) is 11.3. The van der Waals surface area contributed by atoms with Crippen LogP contribution in [0.15, 0.2) is 18.2 Å². The van der Waals surface area contributed by atoms with Crippen molar-refractivity contribution in [3.8, 4) is 11.5 Å². The zero-order chi connectivity index (χ0) is 13.0. The first-order valence-corrected chi connectivity index (χ1v) is 6.83. The van der Waals surface area contributed by atoms with Gasteiger partial charge in [-0.15, -0.1) is 0 Å². The summed E-state index contributed by atoms with van der Waals surface area (Å²) in [5.74, 6) is 2.43. The van der Waals surface area contributed by atoms with Gasteiger partial charge in [-0.1, -0.05) is 13.3 Å². The fraction of sp³-hybridized carbons (Fsp3) is 0.600. The Morgan fingerprint density at radius 2 is 1.94 bits per heavy atom. The van der Waals surface area contributed by atoms with E-state index in [0.29, 0.717) is 11.8 Å². The summed E-state index contributed by atoms with van der Waals surface area (Å²) < 4.78 is 11.2. The highest BCUT2D eigenvalue weighted by Gasteiger charge is 2.21. The second-order valence-electron chi connectivity index (χ2n) is 5.07. The van der Waals surface area contributed by atoms with E-state index < -0.39 is 0 Å². The topological polar surface area (TPSA) is 44.5 Å². The number of ether oxygens (including phenoxy) is 2. The third-order valence-electron chi connectivity index (χ3n) is 3.89. The van der Waals surface area contributed by atoms with Crippen molar-refractivity contribution in [1.29, 1.82) is 0 Å². The van der Waals surface area contributed by atoms with Gasteiger partial charge in [0.25, 0.3) is 0 Å². The molecule has 2 rings (SSSR count). The third-order valence-corrected chi connectivity index (χ3v) is 3.89. The molecule has 100 valence electrons. The number of methoxy groups -OCH3 is 1. The maximum Gasteiger partial charge on any atom is 0.146 e. The van der Waals surface area contributed by atoms with E-state index in [1.54, 1.807) is 7.11 Å². The molecule has 0 amide bonds. The normalized spacial score (nSPS) is 23.7. The molecule has 1 aromatic rings. The van der Waals surface area contributed by atoms with Crippen LogP contribution >= 0.6 is 0 Å². The molecule has 0 heterocycles. The molecule has 0 aromatic heterocycles. The molecule has 0 spiro atoms. The van der Waals surface area contributed by atoms with Crippen LogP contribution in [0.1, 0.15) is 39.0 Å². The first-order chi connectivity index (χ1) is 8.72. The Balaban J connectivity index is 1.97. The average molecular weight is 249 g/mol. The summed E-state index contributed by atoms with van der Waals surface area (Å²) >= 11 is 0. The van der Waals surface area contributed by atoms with Crippen LogP contribution in [-0.2, 0) is 0 Å². The standard InChI is InChI=1S/C15H23NO2/c1-3-11-4-6-12(7-5-11)18-15-10-13(17-2)8-9-14(15)16/h8-12H,3-7,16H2,1-2H3. The van der Waals surface area contributed by atoms with Crippen molar-refractivity contribution < 1.29 is 9.47 Å². The van der Waals surface area contributed by atoms with Crippen LogP contribution in [0.25, 0.3) is 0 Å². The van der Waals surface area contributed by atoms with Gasteiger partial charge in [0.05, 0.1) is 18.9 Å². The van der Waals surface area contributed by atoms with Gasteiger partial charge < -0.3 is 15.2 Å². The minimum Gasteiger partial charge on any atom is -0.497 e. The number of nitrogen functional groups attached to an aromatic ring is 1. The van der Waals surface area contributed by atoms with E-state index in [2.05, 4.69) is 6.92 Å². The molecule has 3 heteroatoms. The molecule has 1 aromatic carbocycles. The van der Waals surface area contributed by atoms with E-state index in [1.165, 1.54) is 19.3 Å². The summed E-state index contributed by atoms with van der Waals surface area (Å²) in [5.41, 5.74) is 6.62. The van der Waals surface area contributed by atoms with Gasteiger partial charge in [0.2, 0.25) is 0 Å². The Bertz CT molecular complexity index is 384. The number of anilines is 1. The Morgan fingerprint density at radius 1 is 1.22 bits per heavy atom. The minimum atomic E-state index is 0.308. The molecule has 0 aliphatic heterocycles. The molecule has 0 unspecified atom stereocenters. The molecular formula is C15H23NO2. The molecule has 1 aliphatic carbocycles. The summed E-state index contributed by atoms with van der Waals surface area (Å²) in [6, 6.07) is 5.57. The first-order valence-electron chi connectivity index (χ1n) is 6.83. The van der Waals surface area contributed by atoms with E-state index in [-0.39, 0.29) is 0 Å². The fourth-order valence-electron chi connectivity index (χ4n) is 2.58. The van der Waals surface area contributed by atoms with Gasteiger partial charge >= 0.3 is 0 Å². The summed E-state index contributed by atoms with van der Waals surface area (Å²) in [4.78, 5) is 0. The van der Waals surface area contributed by atoms with Crippen molar-refractivity contribution >= 4 is 5.69 Å². The van der Waals surface area contributed by atoms with Gasteiger partial charge in [-0.2, -0.15) is 0 Å². The summed E-state index contributed by atoms with van der Waals surface area (Å²) in [6.45, 7) is 2.27. The molecule has 1 saturated carbocycles. The van der Waals surface area contributed by atoms with E-state index in [1.807, 2.05) is 18.2 Å². The smallest absolute Gasteiger partial charge is 0.146 e. The summed E-state index contributed by atoms with van der Waals surface area (Å²) in [7, 11) is 1.65. The van der Waals surface area contributed by atoms with Crippen molar-refractivity contribution in [3.05, 3.63) is 18.2 Å². The Hall–Kier alpha value is -1.38. The Labute approximate surface area is 109 Å². The van der Waals surface area contributed by atoms with Gasteiger partial charge in [-0.3, -0.25) is 0 Å². The predicted molar refractivity (Wildman–Crippen MR) is 74.1 cm³/mol. The number of rotatable bonds is 4. The van der Waals surface area contributed by atoms with Gasteiger partial charge in [0.15, 0.2) is 0 Å². The third kappa shape index (κ3) is 3.09. The van der Waals surface area contributed by atoms with E-state index in [9.17, 15) is 0 Å². The largest absolute Gasteiger partial charge is 0.497 e. The van der Waals surface area contributed by atoms with Gasteiger partial charge in [-0.05, 0) is 43.7 Å². The molecule has 1 aliphatic rings. The van der Waals surface area contributed by atoms with Crippen molar-refractivity contribution in [2.75, 3.05) is 12.8 Å². The van der Waals surface area contributed by atoms with E-state index in [0.717, 1.165) is 30.3 Å². The van der Waals surface area contributed by atoms with E-state index in [4.69, 9.17) is 15.2 Å². The van der Waals surface area contributed by atoms with Crippen molar-refractivity contribution in [3.63, 3.8) is 0 Å². The SMILES string of the molecule is CCC1CCC(Oc2cc(OC)ccc2N)CC1. The molecule has 3 nitrogen and oxygen atoms in total. The predicted octanol–water partition coefficient (Wildman–Crippen LogP) is 3.63. The van der Waals surface area contributed by atoms with Gasteiger partial charge in [0.1, 0.15) is 11.5 Å². The van der Waals surface area contributed by atoms with Crippen molar-refractivity contribution in [2.45, 2.75) is 45.1 Å². The lowest BCUT2D eigenvalue weighted by Gasteiger charge is -2.28. The van der Waals surface area contributed by atoms with Crippen LogP contribution in [0.2, 0.25) is 0 Å². The Morgan fingerprint density at radius 3 is 2.56 bits per heavy atom. The number of benzene rings is 1. The molecular weight excluding hydrogens is 226 g/mol. The van der Waals surface area contributed by atoms with E-state index >= 15 is 0 Å². The average Bonchev–Trinajstić information content (AvgIpc) is 2.42. The monoisotopic (exact) mass is 249 g/mol. The second-order valence-corrected chi connectivity index (χ2v) is 5.07. The van der Waals surface area contributed by atoms with Crippen LogP contribution in [0.5, 0.6) is 11.5 Å². The number of nitrogens with two attached hydrogens (primary N) is 1. The van der Waals surface area contributed by atoms with Crippen LogP contribution in [0, 0.1) is 5.92 Å². The van der Waals surface area contributed by atoms with Crippen LogP contribution in [0.4, 0.5) is 5.69 Å². The zero-order valence-corrected chi connectivity index (χ0v) is 11.3. The first kappa shape index (κ1) is 13.1. The highest BCUT2D eigenvalue weighted by molar-refractivity contribution is 5.55. The molecule has 0 bridgehead atoms. The quantitative estimate of drug-likeness (QED) is 0.829. The number of hydrogen-bond acceptors (Lipinski definition) is 3.